The fourth-order valence-corrected chi connectivity index (χ4v) is 14.8. The summed E-state index contributed by atoms with van der Waals surface area (Å²) in [7, 11) is 0. The molecule has 9 atom stereocenters. The third kappa shape index (κ3) is 37.2. The van der Waals surface area contributed by atoms with Crippen molar-refractivity contribution in [3.63, 3.8) is 0 Å². The largest absolute Gasteiger partial charge is 0.508 e. The van der Waals surface area contributed by atoms with Crippen molar-refractivity contribution in [2.75, 3.05) is 72.1 Å². The number of nitrogens with one attached hydrogen (secondary N) is 8. The molecule has 0 radical (unpaired) electrons. The van der Waals surface area contributed by atoms with E-state index in [1.807, 2.05) is 43.6 Å². The van der Waals surface area contributed by atoms with Crippen LogP contribution in [0.4, 0.5) is 0 Å². The number of aromatic amines is 1. The molecule has 8 amide bonds. The normalized spacial score (nSPS) is 20.6. The molecule has 0 spiro atoms. The van der Waals surface area contributed by atoms with Gasteiger partial charge in [-0.3, -0.25) is 67.2 Å². The molecule has 5 aromatic rings. The average molecular weight is 1740 g/mol. The predicted octanol–water partition coefficient (Wildman–Crippen LogP) is 4.65. The standard InChI is InChI=1S/C67H87N11O16.C24H42N2O5/c1-40(2)30-55-62(88)61(87)54(32-43-15-21-49(83)22-16-43)73-64(90)53(25-26-59(68)85)72-66(92)58(39-80)75-65(91)56(34-46-36-70-52-12-5-4-11-51(46)52)74-63(89)45(35-69-47(38-79)31-42-13-19-48(82)20-14-42)10-6-7-27-77(41(3)81)28-8-9-29-78(76-55)37-60(86)71-57(67(93)94)33-44-17-23-50(84)24-18-44;1-6-21(28)17-25-14-9-10-16-26(19(2)27)15-8-7-11-20(22(29)18-25)12-13-23(30)31-24(3,4)5/h4-5,11-24,36,38,40,45,47,53-58,69-70,76,80,82-84H,6-10,25-35,37,39H2,1-3H3,(H2,68,85)(H,71,86)(H,72,92)(H,73,90)(H,74,89)(H,75,91)(H,93,94);20H,6-18H2,1-5H3/t45-,47+,53+,54?,55+,56+,57+,58?;20-/m11/s1. The third-order valence-corrected chi connectivity index (χ3v) is 21.7. The number of aldehydes is 1. The molecule has 0 bridgehead atoms. The van der Waals surface area contributed by atoms with E-state index in [4.69, 9.17) is 10.5 Å². The van der Waals surface area contributed by atoms with Crippen molar-refractivity contribution in [2.45, 2.75) is 232 Å². The van der Waals surface area contributed by atoms with Gasteiger partial charge in [0.05, 0.1) is 50.3 Å². The maximum Gasteiger partial charge on any atom is 0.326 e. The Balaban J connectivity index is 0.000000654. The van der Waals surface area contributed by atoms with Crippen molar-refractivity contribution >= 4 is 99.5 Å². The number of amides is 8. The number of ether oxygens (including phenoxy) is 1. The lowest BCUT2D eigenvalue weighted by Crippen LogP contribution is -2.60. The van der Waals surface area contributed by atoms with E-state index < -0.39 is 133 Å². The van der Waals surface area contributed by atoms with Gasteiger partial charge in [-0.1, -0.05) is 88.2 Å². The molecule has 0 aliphatic carbocycles. The number of Topliss-reactive ketones (excluding diaryl/α,β-unsaturated/α-hetero) is 4. The van der Waals surface area contributed by atoms with E-state index in [0.717, 1.165) is 25.7 Å². The molecule has 4 aromatic carbocycles. The van der Waals surface area contributed by atoms with Crippen molar-refractivity contribution in [1.82, 2.24) is 62.0 Å². The Labute approximate surface area is 730 Å². The van der Waals surface area contributed by atoms with E-state index >= 15 is 0 Å². The first-order valence-corrected chi connectivity index (χ1v) is 43.2. The van der Waals surface area contributed by atoms with Crippen LogP contribution in [0.1, 0.15) is 180 Å². The molecule has 125 heavy (non-hydrogen) atoms. The summed E-state index contributed by atoms with van der Waals surface area (Å²) in [5.74, 6) is -11.0. The van der Waals surface area contributed by atoms with Gasteiger partial charge in [0.15, 0.2) is 0 Å². The Bertz CT molecular complexity index is 4400. The summed E-state index contributed by atoms with van der Waals surface area (Å²) in [5, 5.41) is 69.0. The molecule has 34 nitrogen and oxygen atoms in total. The van der Waals surface area contributed by atoms with Crippen LogP contribution in [-0.2, 0) is 102 Å². The Hall–Kier alpha value is -11.3. The number of H-pyrrole nitrogens is 1. The minimum absolute atomic E-state index is 0.00827. The van der Waals surface area contributed by atoms with E-state index in [1.165, 1.54) is 72.6 Å². The second-order valence-corrected chi connectivity index (χ2v) is 33.7. The van der Waals surface area contributed by atoms with Crippen LogP contribution in [0.25, 0.3) is 10.9 Å². The highest BCUT2D eigenvalue weighted by Gasteiger charge is 2.38. The van der Waals surface area contributed by atoms with Gasteiger partial charge in [0, 0.05) is 115 Å². The number of fused-ring (bicyclic) bond motifs is 1. The lowest BCUT2D eigenvalue weighted by Gasteiger charge is -2.30. The summed E-state index contributed by atoms with van der Waals surface area (Å²) in [6.07, 6.45) is 7.45. The lowest BCUT2D eigenvalue weighted by atomic mass is 9.91. The lowest BCUT2D eigenvalue weighted by molar-refractivity contribution is -0.155. The molecule has 3 heterocycles. The van der Waals surface area contributed by atoms with Gasteiger partial charge < -0.3 is 87.5 Å². The van der Waals surface area contributed by atoms with E-state index in [2.05, 4.69) is 42.3 Å². The van der Waals surface area contributed by atoms with E-state index in [1.54, 1.807) is 62.2 Å². The number of hydrogen-bond acceptors (Lipinski definition) is 24. The first kappa shape index (κ1) is 102. The minimum Gasteiger partial charge on any atom is -0.508 e. The summed E-state index contributed by atoms with van der Waals surface area (Å²) in [6.45, 7) is 15.2. The second-order valence-electron chi connectivity index (χ2n) is 33.7. The monoisotopic (exact) mass is 1740 g/mol. The number of nitrogens with two attached hydrogens (primary N) is 1. The number of nitrogens with zero attached hydrogens (tertiary/aromatic N) is 4. The molecule has 2 aliphatic rings. The third-order valence-electron chi connectivity index (χ3n) is 21.7. The molecule has 2 fully saturated rings. The van der Waals surface area contributed by atoms with Gasteiger partial charge in [-0.25, -0.2) is 15.2 Å². The van der Waals surface area contributed by atoms with Crippen LogP contribution in [0.2, 0.25) is 0 Å². The number of aromatic hydroxyl groups is 3. The van der Waals surface area contributed by atoms with Crippen LogP contribution in [-0.4, -0.2) is 259 Å². The number of aliphatic carboxylic acids is 1. The summed E-state index contributed by atoms with van der Waals surface area (Å²) >= 11 is 0. The number of primary amides is 1. The van der Waals surface area contributed by atoms with Crippen molar-refractivity contribution in [3.8, 4) is 17.2 Å². The van der Waals surface area contributed by atoms with Gasteiger partial charge >= 0.3 is 11.9 Å². The van der Waals surface area contributed by atoms with Crippen molar-refractivity contribution in [3.05, 3.63) is 126 Å². The average Bonchev–Trinajstić information content (AvgIpc) is 1.70. The Morgan fingerprint density at radius 2 is 1.10 bits per heavy atom. The molecule has 684 valence electrons. The van der Waals surface area contributed by atoms with E-state index in [9.17, 15) is 97.5 Å². The number of carbonyl (C=O) groups excluding carboxylic acids is 14. The number of phenolic OH excluding ortho intramolecular Hbond substituents is 3. The van der Waals surface area contributed by atoms with Crippen LogP contribution in [0.5, 0.6) is 17.2 Å². The fourth-order valence-electron chi connectivity index (χ4n) is 14.8. The minimum atomic E-state index is -1.82. The number of aliphatic hydroxyl groups is 1. The van der Waals surface area contributed by atoms with Crippen molar-refractivity contribution < 1.29 is 102 Å². The summed E-state index contributed by atoms with van der Waals surface area (Å²) in [4.78, 5) is 211. The first-order valence-electron chi connectivity index (χ1n) is 43.2. The second kappa shape index (κ2) is 52.4. The molecule has 0 saturated carbocycles. The molecule has 34 heteroatoms. The molecule has 1 aromatic heterocycles. The number of phenols is 3. The molecular formula is C91H129N13O21. The van der Waals surface area contributed by atoms with Crippen LogP contribution in [0.3, 0.4) is 0 Å². The number of ketones is 4. The zero-order valence-corrected chi connectivity index (χ0v) is 73.2. The van der Waals surface area contributed by atoms with Gasteiger partial charge in [-0.2, -0.15) is 0 Å². The topological polar surface area (TPSA) is 505 Å². The number of carboxylic acids is 1. The summed E-state index contributed by atoms with van der Waals surface area (Å²) in [6, 6.07) is 14.3. The van der Waals surface area contributed by atoms with Gasteiger partial charge in [0.1, 0.15) is 64.9 Å². The Morgan fingerprint density at radius 3 is 1.66 bits per heavy atom. The zero-order valence-electron chi connectivity index (χ0n) is 73.2. The number of rotatable bonds is 28. The molecule has 2 saturated heterocycles. The van der Waals surface area contributed by atoms with Gasteiger partial charge in [-0.05, 0) is 175 Å². The Kier molecular flexibility index (Phi) is 43.0. The maximum absolute atomic E-state index is 14.9. The summed E-state index contributed by atoms with van der Waals surface area (Å²) < 4.78 is 5.40. The summed E-state index contributed by atoms with van der Waals surface area (Å²) in [5.41, 5.74) is 10.9. The van der Waals surface area contributed by atoms with Crippen molar-refractivity contribution in [1.29, 1.82) is 0 Å². The zero-order chi connectivity index (χ0) is 91.9. The number of aliphatic hydroxyl groups excluding tert-OH is 1. The number of hydrogen-bond donors (Lipinski definition) is 14. The Morgan fingerprint density at radius 1 is 0.592 bits per heavy atom. The SMILES string of the molecule is CC(=O)N1CCCC[C@H](CN[C@H](C=O)Cc2ccc(O)cc2)C(=O)N[C@@H](Cc2c[nH]c3ccccc23)C(=O)NC(CO)C(=O)N[C@@H](CCC(N)=O)C(=O)NC(Cc2ccc(O)cc2)C(=O)C(=O)[C@H](CC(C)C)NN(CC(=O)N[C@@H](Cc2ccc(O)cc2)C(=O)O)CCCC1.CCC(=O)CN1CCCCN(C(C)=O)CCCC[C@H](CCC(=O)OC(C)(C)C)C(=O)C1. The number of aromatic nitrogens is 1. The van der Waals surface area contributed by atoms with Gasteiger partial charge in [0.25, 0.3) is 0 Å². The maximum atomic E-state index is 14.9. The highest BCUT2D eigenvalue weighted by Crippen LogP contribution is 2.25. The van der Waals surface area contributed by atoms with Crippen LogP contribution >= 0.6 is 0 Å². The predicted molar refractivity (Wildman–Crippen MR) is 466 cm³/mol. The van der Waals surface area contributed by atoms with Crippen LogP contribution in [0, 0.1) is 17.8 Å². The number of hydrazine groups is 1. The molecule has 15 N–H and O–H groups in total. The highest BCUT2D eigenvalue weighted by atomic mass is 16.6. The number of carbonyl (C=O) groups is 15. The van der Waals surface area contributed by atoms with Crippen molar-refractivity contribution in [2.24, 2.45) is 23.5 Å². The smallest absolute Gasteiger partial charge is 0.326 e. The van der Waals surface area contributed by atoms with E-state index in [0.29, 0.717) is 97.6 Å². The van der Waals surface area contributed by atoms with Crippen LogP contribution in [0.15, 0.2) is 103 Å². The van der Waals surface area contributed by atoms with Gasteiger partial charge in [0.2, 0.25) is 58.8 Å². The molecule has 2 unspecified atom stereocenters. The molecular weight excluding hydrogens is 1610 g/mol. The first-order chi connectivity index (χ1) is 59.4. The van der Waals surface area contributed by atoms with Gasteiger partial charge in [-0.15, -0.1) is 0 Å². The number of para-hydroxylation sites is 1. The fraction of sp³-hybridized carbons (Fsp3) is 0.549. The molecule has 7 rings (SSSR count). The number of benzene rings is 4. The highest BCUT2D eigenvalue weighted by molar-refractivity contribution is 6.41. The number of esters is 1. The number of carboxylic acid groups (broad SMARTS) is 1. The van der Waals surface area contributed by atoms with E-state index in [-0.39, 0.29) is 149 Å². The molecule has 2 aliphatic heterocycles. The van der Waals surface area contributed by atoms with Crippen LogP contribution < -0.4 is 43.1 Å². The quantitative estimate of drug-likeness (QED) is 0.0184.